The summed E-state index contributed by atoms with van der Waals surface area (Å²) in [6, 6.07) is 17.5. The van der Waals surface area contributed by atoms with Gasteiger partial charge in [0.2, 0.25) is 0 Å². The van der Waals surface area contributed by atoms with Gasteiger partial charge in [0.1, 0.15) is 11.5 Å². The van der Waals surface area contributed by atoms with Crippen LogP contribution in [0.4, 0.5) is 22.7 Å². The van der Waals surface area contributed by atoms with Crippen molar-refractivity contribution < 1.29 is 47.6 Å². The zero-order valence-corrected chi connectivity index (χ0v) is 39.6. The van der Waals surface area contributed by atoms with Gasteiger partial charge in [0.05, 0.1) is 36.5 Å². The summed E-state index contributed by atoms with van der Waals surface area (Å²) in [7, 11) is 3.09. The number of carbonyl (C=O) groups is 4. The highest BCUT2D eigenvalue weighted by Crippen LogP contribution is 2.39. The Balaban J connectivity index is 0.000000248. The molecule has 6 rings (SSSR count). The van der Waals surface area contributed by atoms with Crippen molar-refractivity contribution in [3.8, 4) is 11.5 Å². The molecule has 4 aromatic rings. The van der Waals surface area contributed by atoms with Crippen LogP contribution in [0.2, 0.25) is 0 Å². The van der Waals surface area contributed by atoms with Crippen LogP contribution in [0.5, 0.6) is 11.5 Å². The molecule has 4 N–H and O–H groups in total. The van der Waals surface area contributed by atoms with Gasteiger partial charge in [-0.1, -0.05) is 13.8 Å². The average molecular weight is 909 g/mol. The lowest BCUT2D eigenvalue weighted by molar-refractivity contribution is 0.0980. The minimum Gasteiger partial charge on any atom is -0.497 e. The van der Waals surface area contributed by atoms with E-state index in [0.717, 1.165) is 51.7 Å². The van der Waals surface area contributed by atoms with Gasteiger partial charge in [0, 0.05) is 124 Å². The lowest BCUT2D eigenvalue weighted by atomic mass is 9.82. The van der Waals surface area contributed by atoms with Crippen molar-refractivity contribution >= 4 is 45.9 Å². The van der Waals surface area contributed by atoms with Crippen LogP contribution in [0.25, 0.3) is 0 Å². The number of hydrogen-bond donors (Lipinski definition) is 4. The number of methoxy groups -OCH3 is 2. The van der Waals surface area contributed by atoms with Crippen molar-refractivity contribution in [1.82, 2.24) is 0 Å². The summed E-state index contributed by atoms with van der Waals surface area (Å²) in [4.78, 5) is 54.1. The molecular weight excluding hydrogens is 841 g/mol. The summed E-state index contributed by atoms with van der Waals surface area (Å²) in [6.07, 6.45) is 5.19. The number of ether oxygens (including phenoxy) is 6. The van der Waals surface area contributed by atoms with E-state index in [1.54, 1.807) is 50.6 Å². The molecule has 0 spiro atoms. The molecular formula is C52H68N4O10. The molecule has 0 saturated carbocycles. The van der Waals surface area contributed by atoms with Crippen molar-refractivity contribution in [1.29, 1.82) is 0 Å². The van der Waals surface area contributed by atoms with Gasteiger partial charge < -0.3 is 49.7 Å². The largest absolute Gasteiger partial charge is 0.497 e. The number of nitrogens with one attached hydrogen (secondary N) is 4. The van der Waals surface area contributed by atoms with Gasteiger partial charge in [-0.25, -0.2) is 0 Å². The second-order valence-corrected chi connectivity index (χ2v) is 15.7. The Morgan fingerprint density at radius 2 is 0.682 bits per heavy atom. The first kappa shape index (κ1) is 51.2. The van der Waals surface area contributed by atoms with Crippen LogP contribution in [-0.4, -0.2) is 116 Å². The van der Waals surface area contributed by atoms with Gasteiger partial charge >= 0.3 is 0 Å². The fourth-order valence-corrected chi connectivity index (χ4v) is 7.72. The standard InChI is InChI=1S/C27H36N2O5.C25H32N2O5/c1-4-14-33-16-6-12-28-22-10-11-23(29-13-7-17-34-15-5-2)25-24(22)26(30)20-9-8-19(32-3)18-21(20)27(25)31;1-4-31-14-6-12-26-20-10-11-21(27-13-7-15-32-5-2)23-22(20)24(28)18-9-8-17(30-3)16-19(18)25(23)29/h8-11,18,28-29H,4-7,12-17H2,1-3H3;8-11,16,26-27H,4-7,12-15H2,1-3H3. The minimum atomic E-state index is -0.182. The molecule has 2 aliphatic rings. The molecule has 0 aromatic heterocycles. The van der Waals surface area contributed by atoms with Crippen LogP contribution < -0.4 is 30.7 Å². The lowest BCUT2D eigenvalue weighted by Crippen LogP contribution is -2.25. The summed E-state index contributed by atoms with van der Waals surface area (Å²) in [5.41, 5.74) is 5.84. The third-order valence-electron chi connectivity index (χ3n) is 11.0. The maximum atomic E-state index is 13.6. The smallest absolute Gasteiger partial charge is 0.196 e. The molecule has 4 aromatic carbocycles. The van der Waals surface area contributed by atoms with E-state index in [0.29, 0.717) is 145 Å². The normalized spacial score (nSPS) is 12.3. The van der Waals surface area contributed by atoms with Crippen LogP contribution in [0.15, 0.2) is 60.7 Å². The van der Waals surface area contributed by atoms with Gasteiger partial charge in [0.15, 0.2) is 23.1 Å². The van der Waals surface area contributed by atoms with Crippen LogP contribution in [0, 0.1) is 0 Å². The van der Waals surface area contributed by atoms with Crippen molar-refractivity contribution in [2.75, 3.05) is 115 Å². The zero-order valence-electron chi connectivity index (χ0n) is 39.6. The topological polar surface area (TPSA) is 172 Å². The van der Waals surface area contributed by atoms with Crippen molar-refractivity contribution in [3.05, 3.63) is 105 Å². The molecule has 0 atom stereocenters. The third kappa shape index (κ3) is 13.2. The monoisotopic (exact) mass is 908 g/mol. The molecule has 2 aliphatic carbocycles. The second kappa shape index (κ2) is 27.0. The fraction of sp³-hybridized carbons (Fsp3) is 0.462. The Bertz CT molecular complexity index is 2260. The van der Waals surface area contributed by atoms with E-state index in [2.05, 4.69) is 35.1 Å². The minimum absolute atomic E-state index is 0.160. The molecule has 0 unspecified atom stereocenters. The number of benzene rings is 4. The molecule has 0 radical (unpaired) electrons. The SMILES string of the molecule is CCCOCCCNc1ccc(NCCCOCCC)c2c1C(=O)c1ccc(OC)cc1C2=O.CCOCCCNc1ccc(NCCCOCC)c2c1C(=O)c1ccc(OC)cc1C2=O. The Morgan fingerprint density at radius 1 is 0.379 bits per heavy atom. The van der Waals surface area contributed by atoms with Crippen molar-refractivity contribution in [2.24, 2.45) is 0 Å². The van der Waals surface area contributed by atoms with E-state index in [-0.39, 0.29) is 23.1 Å². The first-order valence-corrected chi connectivity index (χ1v) is 23.4. The molecule has 14 nitrogen and oxygen atoms in total. The predicted molar refractivity (Wildman–Crippen MR) is 260 cm³/mol. The lowest BCUT2D eigenvalue weighted by Gasteiger charge is -2.24. The van der Waals surface area contributed by atoms with E-state index >= 15 is 0 Å². The first-order chi connectivity index (χ1) is 32.2. The van der Waals surface area contributed by atoms with Gasteiger partial charge in [-0.2, -0.15) is 0 Å². The van der Waals surface area contributed by atoms with Crippen molar-refractivity contribution in [3.63, 3.8) is 0 Å². The number of fused-ring (bicyclic) bond motifs is 4. The number of carbonyl (C=O) groups excluding carboxylic acids is 4. The molecule has 66 heavy (non-hydrogen) atoms. The number of rotatable bonds is 28. The summed E-state index contributed by atoms with van der Waals surface area (Å²) in [5.74, 6) is 0.411. The molecule has 0 fully saturated rings. The summed E-state index contributed by atoms with van der Waals surface area (Å²) in [6.45, 7) is 16.0. The van der Waals surface area contributed by atoms with E-state index in [4.69, 9.17) is 28.4 Å². The van der Waals surface area contributed by atoms with Gasteiger partial charge in [-0.3, -0.25) is 19.2 Å². The fourth-order valence-electron chi connectivity index (χ4n) is 7.72. The molecule has 0 heterocycles. The van der Waals surface area contributed by atoms with Gasteiger partial charge in [0.25, 0.3) is 0 Å². The van der Waals surface area contributed by atoms with E-state index in [1.807, 2.05) is 38.1 Å². The van der Waals surface area contributed by atoms with Crippen LogP contribution in [0.1, 0.15) is 130 Å². The van der Waals surface area contributed by atoms with Crippen LogP contribution >= 0.6 is 0 Å². The van der Waals surface area contributed by atoms with E-state index < -0.39 is 0 Å². The highest BCUT2D eigenvalue weighted by Gasteiger charge is 2.36. The third-order valence-corrected chi connectivity index (χ3v) is 11.0. The molecule has 356 valence electrons. The first-order valence-electron chi connectivity index (χ1n) is 23.4. The highest BCUT2D eigenvalue weighted by molar-refractivity contribution is 6.33. The summed E-state index contributed by atoms with van der Waals surface area (Å²) < 4.78 is 32.4. The summed E-state index contributed by atoms with van der Waals surface area (Å²) in [5, 5.41) is 13.3. The van der Waals surface area contributed by atoms with E-state index in [1.165, 1.54) is 0 Å². The van der Waals surface area contributed by atoms with Crippen LogP contribution in [-0.2, 0) is 18.9 Å². The molecule has 0 saturated heterocycles. The van der Waals surface area contributed by atoms with Crippen molar-refractivity contribution in [2.45, 2.75) is 66.2 Å². The Kier molecular flexibility index (Phi) is 20.9. The molecule has 0 aliphatic heterocycles. The molecule has 0 amide bonds. The molecule has 14 heteroatoms. The van der Waals surface area contributed by atoms with Gasteiger partial charge in [-0.15, -0.1) is 0 Å². The summed E-state index contributed by atoms with van der Waals surface area (Å²) >= 11 is 0. The molecule has 0 bridgehead atoms. The second-order valence-electron chi connectivity index (χ2n) is 15.7. The number of ketones is 4. The zero-order chi connectivity index (χ0) is 47.3. The number of hydrogen-bond acceptors (Lipinski definition) is 14. The Morgan fingerprint density at radius 3 is 0.970 bits per heavy atom. The van der Waals surface area contributed by atoms with Crippen LogP contribution in [0.3, 0.4) is 0 Å². The quantitative estimate of drug-likeness (QED) is 0.0344. The maximum Gasteiger partial charge on any atom is 0.196 e. The Hall–Kier alpha value is -5.80. The Labute approximate surface area is 389 Å². The van der Waals surface area contributed by atoms with Gasteiger partial charge in [-0.05, 0) is 113 Å². The number of anilines is 4. The maximum absolute atomic E-state index is 13.6. The predicted octanol–water partition coefficient (Wildman–Crippen LogP) is 9.08. The highest BCUT2D eigenvalue weighted by atomic mass is 16.5. The average Bonchev–Trinajstić information content (AvgIpc) is 3.34. The van der Waals surface area contributed by atoms with E-state index in [9.17, 15) is 19.2 Å².